The van der Waals surface area contributed by atoms with Gasteiger partial charge in [0.05, 0.1) is 12.0 Å². The zero-order chi connectivity index (χ0) is 16.7. The van der Waals surface area contributed by atoms with E-state index in [4.69, 9.17) is 4.74 Å². The minimum atomic E-state index is -0.326. The maximum Gasteiger partial charge on any atom is 0.269 e. The molecule has 0 unspecified atom stereocenters. The Morgan fingerprint density at radius 1 is 0.917 bits per heavy atom. The van der Waals surface area contributed by atoms with Crippen LogP contribution < -0.4 is 4.74 Å². The number of hydrogen-bond acceptors (Lipinski definition) is 3. The van der Waals surface area contributed by atoms with Crippen molar-refractivity contribution in [2.45, 2.75) is 31.1 Å². The van der Waals surface area contributed by atoms with E-state index < -0.39 is 0 Å². The van der Waals surface area contributed by atoms with Gasteiger partial charge in [0.1, 0.15) is 5.75 Å². The maximum atomic E-state index is 11.0. The van der Waals surface area contributed by atoms with Crippen LogP contribution in [-0.4, -0.2) is 12.0 Å². The molecule has 0 aromatic heterocycles. The second-order valence-corrected chi connectivity index (χ2v) is 6.95. The van der Waals surface area contributed by atoms with Crippen molar-refractivity contribution >= 4 is 5.69 Å². The fraction of sp³-hybridized carbons (Fsp3) is 0.400. The molecule has 0 aliphatic heterocycles. The summed E-state index contributed by atoms with van der Waals surface area (Å²) in [4.78, 5) is 10.7. The Labute approximate surface area is 141 Å². The molecule has 2 saturated carbocycles. The first-order valence-electron chi connectivity index (χ1n) is 8.55. The van der Waals surface area contributed by atoms with Crippen LogP contribution in [-0.2, 0) is 5.41 Å². The molecule has 124 valence electrons. The summed E-state index contributed by atoms with van der Waals surface area (Å²) in [5, 5.41) is 11.0. The zero-order valence-electron chi connectivity index (χ0n) is 13.8. The Kier molecular flexibility index (Phi) is 3.56. The van der Waals surface area contributed by atoms with Gasteiger partial charge in [0.25, 0.3) is 5.69 Å². The summed E-state index contributed by atoms with van der Waals surface area (Å²) in [5.41, 5.74) is 2.71. The van der Waals surface area contributed by atoms with Crippen LogP contribution in [0.5, 0.6) is 5.75 Å². The fourth-order valence-corrected chi connectivity index (χ4v) is 5.17. The average Bonchev–Trinajstić information content (AvgIpc) is 3.18. The van der Waals surface area contributed by atoms with Crippen molar-refractivity contribution in [3.05, 3.63) is 69.8 Å². The molecule has 0 N–H and O–H groups in total. The molecule has 24 heavy (non-hydrogen) atoms. The van der Waals surface area contributed by atoms with Gasteiger partial charge in [-0.05, 0) is 60.8 Å². The molecule has 0 heterocycles. The van der Waals surface area contributed by atoms with Gasteiger partial charge in [0.15, 0.2) is 0 Å². The number of rotatable bonds is 4. The topological polar surface area (TPSA) is 52.4 Å². The van der Waals surface area contributed by atoms with Crippen molar-refractivity contribution in [2.75, 3.05) is 7.11 Å². The minimum absolute atomic E-state index is 0.00139. The Balaban J connectivity index is 1.84. The molecule has 2 aliphatic rings. The predicted molar refractivity (Wildman–Crippen MR) is 92.3 cm³/mol. The number of hydrogen-bond donors (Lipinski definition) is 0. The molecule has 0 atom stereocenters. The summed E-state index contributed by atoms with van der Waals surface area (Å²) in [6.45, 7) is 0. The second-order valence-electron chi connectivity index (χ2n) is 6.95. The Morgan fingerprint density at radius 2 is 1.38 bits per heavy atom. The first-order chi connectivity index (χ1) is 11.7. The molecule has 0 amide bonds. The molecule has 2 aromatic rings. The molecule has 2 aromatic carbocycles. The van der Waals surface area contributed by atoms with Crippen molar-refractivity contribution in [1.29, 1.82) is 0 Å². The van der Waals surface area contributed by atoms with Gasteiger partial charge in [0, 0.05) is 17.5 Å². The van der Waals surface area contributed by atoms with Crippen LogP contribution in [0.2, 0.25) is 0 Å². The smallest absolute Gasteiger partial charge is 0.269 e. The van der Waals surface area contributed by atoms with Gasteiger partial charge in [-0.2, -0.15) is 0 Å². The van der Waals surface area contributed by atoms with Crippen LogP contribution >= 0.6 is 0 Å². The van der Waals surface area contributed by atoms with Gasteiger partial charge in [-0.3, -0.25) is 10.1 Å². The number of nitro groups is 1. The van der Waals surface area contributed by atoms with E-state index >= 15 is 0 Å². The summed E-state index contributed by atoms with van der Waals surface area (Å²) >= 11 is 0. The van der Waals surface area contributed by atoms with Crippen LogP contribution in [0.15, 0.2) is 48.5 Å². The highest BCUT2D eigenvalue weighted by Crippen LogP contribution is 2.62. The van der Waals surface area contributed by atoms with Gasteiger partial charge < -0.3 is 4.74 Å². The van der Waals surface area contributed by atoms with E-state index in [1.807, 2.05) is 24.3 Å². The molecule has 4 heteroatoms. The third-order valence-electron chi connectivity index (χ3n) is 6.14. The Bertz CT molecular complexity index is 731. The van der Waals surface area contributed by atoms with Gasteiger partial charge in [-0.25, -0.2) is 0 Å². The number of non-ortho nitro benzene ring substituents is 1. The van der Waals surface area contributed by atoms with Crippen LogP contribution in [0.25, 0.3) is 0 Å². The lowest BCUT2D eigenvalue weighted by Gasteiger charge is -2.36. The molecule has 2 aliphatic carbocycles. The van der Waals surface area contributed by atoms with E-state index in [2.05, 4.69) is 12.1 Å². The van der Waals surface area contributed by atoms with Crippen molar-refractivity contribution in [3.63, 3.8) is 0 Å². The highest BCUT2D eigenvalue weighted by atomic mass is 16.6. The van der Waals surface area contributed by atoms with Crippen LogP contribution in [0.3, 0.4) is 0 Å². The molecule has 2 fully saturated rings. The first kappa shape index (κ1) is 15.2. The van der Waals surface area contributed by atoms with Crippen molar-refractivity contribution in [2.24, 2.45) is 11.8 Å². The van der Waals surface area contributed by atoms with Crippen molar-refractivity contribution in [3.8, 4) is 5.75 Å². The number of nitrogens with zero attached hydrogens (tertiary/aromatic N) is 1. The number of methoxy groups -OCH3 is 1. The highest BCUT2D eigenvalue weighted by molar-refractivity contribution is 5.48. The van der Waals surface area contributed by atoms with E-state index in [-0.39, 0.29) is 16.0 Å². The lowest BCUT2D eigenvalue weighted by molar-refractivity contribution is -0.384. The van der Waals surface area contributed by atoms with E-state index in [0.717, 1.165) is 5.75 Å². The SMILES string of the molecule is COc1ccc(C2(c3ccc([N+](=O)[O-])cc3)C3CCC2CC3)cc1. The van der Waals surface area contributed by atoms with Crippen LogP contribution in [0.4, 0.5) is 5.69 Å². The van der Waals surface area contributed by atoms with E-state index in [0.29, 0.717) is 11.8 Å². The molecule has 4 rings (SSSR count). The van der Waals surface area contributed by atoms with Crippen LogP contribution in [0.1, 0.15) is 36.8 Å². The van der Waals surface area contributed by atoms with Gasteiger partial charge in [-0.1, -0.05) is 24.3 Å². The number of benzene rings is 2. The molecular weight excluding hydrogens is 302 g/mol. The lowest BCUT2D eigenvalue weighted by atomic mass is 9.67. The first-order valence-corrected chi connectivity index (χ1v) is 8.55. The molecule has 0 spiro atoms. The molecule has 2 bridgehead atoms. The molecular formula is C20H21NO3. The highest BCUT2D eigenvalue weighted by Gasteiger charge is 2.56. The minimum Gasteiger partial charge on any atom is -0.497 e. The third-order valence-corrected chi connectivity index (χ3v) is 6.14. The molecule has 4 nitrogen and oxygen atoms in total. The summed E-state index contributed by atoms with van der Waals surface area (Å²) < 4.78 is 5.31. The van der Waals surface area contributed by atoms with Gasteiger partial charge in [0.2, 0.25) is 0 Å². The Hall–Kier alpha value is -2.36. The zero-order valence-corrected chi connectivity index (χ0v) is 13.8. The van der Waals surface area contributed by atoms with Crippen molar-refractivity contribution in [1.82, 2.24) is 0 Å². The molecule has 0 radical (unpaired) electrons. The van der Waals surface area contributed by atoms with Gasteiger partial charge in [-0.15, -0.1) is 0 Å². The third kappa shape index (κ3) is 2.05. The Morgan fingerprint density at radius 3 is 1.79 bits per heavy atom. The number of nitro benzene ring substituents is 1. The van der Waals surface area contributed by atoms with Crippen LogP contribution in [0, 0.1) is 22.0 Å². The van der Waals surface area contributed by atoms with E-state index in [1.54, 1.807) is 19.2 Å². The fourth-order valence-electron chi connectivity index (χ4n) is 5.17. The average molecular weight is 323 g/mol. The van der Waals surface area contributed by atoms with Crippen molar-refractivity contribution < 1.29 is 9.66 Å². The second kappa shape index (κ2) is 5.62. The molecule has 0 saturated heterocycles. The standard InChI is InChI=1S/C20H21NO3/c1-24-19-12-8-17(9-13-19)20(14-2-3-15(20)5-4-14)16-6-10-18(11-7-16)21(22)23/h6-15H,2-5H2,1H3. The van der Waals surface area contributed by atoms with E-state index in [1.165, 1.54) is 36.8 Å². The van der Waals surface area contributed by atoms with E-state index in [9.17, 15) is 10.1 Å². The summed E-state index contributed by atoms with van der Waals surface area (Å²) in [6, 6.07) is 15.7. The predicted octanol–water partition coefficient (Wildman–Crippen LogP) is 4.71. The summed E-state index contributed by atoms with van der Waals surface area (Å²) in [6.07, 6.45) is 4.97. The number of fused-ring (bicyclic) bond motifs is 2. The lowest BCUT2D eigenvalue weighted by Crippen LogP contribution is -2.33. The quantitative estimate of drug-likeness (QED) is 0.605. The normalized spacial score (nSPS) is 28.0. The largest absolute Gasteiger partial charge is 0.497 e. The summed E-state index contributed by atoms with van der Waals surface area (Å²) in [7, 11) is 1.68. The van der Waals surface area contributed by atoms with Gasteiger partial charge >= 0.3 is 0 Å². The maximum absolute atomic E-state index is 11.0. The monoisotopic (exact) mass is 323 g/mol. The number of ether oxygens (including phenoxy) is 1. The summed E-state index contributed by atoms with van der Waals surface area (Å²) in [5.74, 6) is 2.11.